The summed E-state index contributed by atoms with van der Waals surface area (Å²) in [6.07, 6.45) is 0. The second-order valence-corrected chi connectivity index (χ2v) is 11.2. The molecule has 2 saturated heterocycles. The standard InChI is InChI=1S/C31H30N2O6/c1-6-39-30(38)23-17(4)20-21-24(28(36)32(26(21)34)18-13-9-7-11-15(18)2)31(23,5)25-22(20)27(35)33(29(25)37)19-14-10-8-12-16(19)3/h7-14,20-22,24-25H,6H2,1-5H3/t20?,21-,22+,24+,25-,31?. The van der Waals surface area contributed by atoms with E-state index in [0.29, 0.717) is 16.9 Å². The third-order valence-electron chi connectivity index (χ3n) is 9.39. The van der Waals surface area contributed by atoms with Crippen molar-refractivity contribution in [1.82, 2.24) is 0 Å². The molecule has 3 aliphatic carbocycles. The van der Waals surface area contributed by atoms with Crippen LogP contribution in [0.15, 0.2) is 59.7 Å². The largest absolute Gasteiger partial charge is 0.463 e. The lowest BCUT2D eigenvalue weighted by Crippen LogP contribution is -2.61. The third-order valence-corrected chi connectivity index (χ3v) is 9.39. The number of hydrogen-bond donors (Lipinski definition) is 0. The minimum atomic E-state index is -1.41. The zero-order chi connectivity index (χ0) is 28.0. The second kappa shape index (κ2) is 8.46. The van der Waals surface area contributed by atoms with E-state index in [4.69, 9.17) is 4.74 Å². The van der Waals surface area contributed by atoms with Gasteiger partial charge >= 0.3 is 5.97 Å². The number of anilines is 2. The normalized spacial score (nSPS) is 31.3. The number of amides is 4. The number of benzene rings is 2. The quantitative estimate of drug-likeness (QED) is 0.444. The number of allylic oxidation sites excluding steroid dienone is 1. The van der Waals surface area contributed by atoms with Gasteiger partial charge in [-0.05, 0) is 51.0 Å². The zero-order valence-electron chi connectivity index (χ0n) is 22.6. The summed E-state index contributed by atoms with van der Waals surface area (Å²) in [6, 6.07) is 14.3. The molecule has 3 fully saturated rings. The highest BCUT2D eigenvalue weighted by molar-refractivity contribution is 6.28. The number of rotatable bonds is 4. The fourth-order valence-corrected chi connectivity index (χ4v) is 7.91. The van der Waals surface area contributed by atoms with Crippen molar-refractivity contribution < 1.29 is 28.7 Å². The first-order chi connectivity index (χ1) is 18.6. The number of ether oxygens (including phenoxy) is 1. The van der Waals surface area contributed by atoms with Gasteiger partial charge in [0.25, 0.3) is 0 Å². The van der Waals surface area contributed by atoms with Gasteiger partial charge in [-0.25, -0.2) is 14.6 Å². The average Bonchev–Trinajstić information content (AvgIpc) is 3.31. The predicted octanol–water partition coefficient (Wildman–Crippen LogP) is 3.74. The maximum atomic E-state index is 14.2. The maximum absolute atomic E-state index is 14.2. The van der Waals surface area contributed by atoms with Gasteiger partial charge in [0.15, 0.2) is 0 Å². The molecule has 0 aromatic heterocycles. The van der Waals surface area contributed by atoms with Crippen LogP contribution < -0.4 is 9.80 Å². The van der Waals surface area contributed by atoms with Crippen molar-refractivity contribution in [3.8, 4) is 0 Å². The molecule has 1 saturated carbocycles. The predicted molar refractivity (Wildman–Crippen MR) is 142 cm³/mol. The summed E-state index contributed by atoms with van der Waals surface area (Å²) in [5.74, 6) is -6.77. The Bertz CT molecular complexity index is 1430. The molecule has 7 rings (SSSR count). The molecular weight excluding hydrogens is 496 g/mol. The molecule has 8 heteroatoms. The first kappa shape index (κ1) is 25.2. The number of carbonyl (C=O) groups is 5. The Hall–Kier alpha value is -4.07. The Balaban J connectivity index is 1.57. The van der Waals surface area contributed by atoms with Crippen LogP contribution in [0.25, 0.3) is 0 Å². The van der Waals surface area contributed by atoms with Gasteiger partial charge in [-0.2, -0.15) is 0 Å². The summed E-state index contributed by atoms with van der Waals surface area (Å²) in [7, 11) is 0. The Kier molecular flexibility index (Phi) is 5.47. The summed E-state index contributed by atoms with van der Waals surface area (Å²) in [6.45, 7) is 8.89. The molecule has 2 unspecified atom stereocenters. The molecule has 2 aromatic rings. The van der Waals surface area contributed by atoms with Crippen LogP contribution in [0.4, 0.5) is 11.4 Å². The number of para-hydroxylation sites is 2. The number of aryl methyl sites for hydroxylation is 2. The summed E-state index contributed by atoms with van der Waals surface area (Å²) < 4.78 is 5.44. The van der Waals surface area contributed by atoms with E-state index in [1.807, 2.05) is 38.1 Å². The van der Waals surface area contributed by atoms with E-state index in [2.05, 4.69) is 0 Å². The highest BCUT2D eigenvalue weighted by Gasteiger charge is 2.77. The highest BCUT2D eigenvalue weighted by Crippen LogP contribution is 2.69. The van der Waals surface area contributed by atoms with Crippen molar-refractivity contribution in [3.05, 3.63) is 70.8 Å². The molecule has 0 spiro atoms. The summed E-state index contributed by atoms with van der Waals surface area (Å²) in [5.41, 5.74) is 1.85. The van der Waals surface area contributed by atoms with Gasteiger partial charge in [-0.3, -0.25) is 19.2 Å². The smallest absolute Gasteiger partial charge is 0.334 e. The summed E-state index contributed by atoms with van der Waals surface area (Å²) >= 11 is 0. The van der Waals surface area contributed by atoms with Crippen LogP contribution in [0, 0.1) is 48.9 Å². The van der Waals surface area contributed by atoms with Crippen LogP contribution >= 0.6 is 0 Å². The van der Waals surface area contributed by atoms with Gasteiger partial charge in [-0.15, -0.1) is 0 Å². The fourth-order valence-electron chi connectivity index (χ4n) is 7.91. The molecular formula is C31H30N2O6. The Labute approximate surface area is 226 Å². The molecule has 5 aliphatic rings. The van der Waals surface area contributed by atoms with Crippen molar-refractivity contribution in [2.45, 2.75) is 34.6 Å². The molecule has 2 aliphatic heterocycles. The van der Waals surface area contributed by atoms with Crippen LogP contribution in [0.2, 0.25) is 0 Å². The number of imide groups is 2. The highest BCUT2D eigenvalue weighted by atomic mass is 16.5. The number of carbonyl (C=O) groups excluding carboxylic acids is 5. The summed E-state index contributed by atoms with van der Waals surface area (Å²) in [5, 5.41) is 0. The van der Waals surface area contributed by atoms with E-state index in [9.17, 15) is 24.0 Å². The van der Waals surface area contributed by atoms with Crippen LogP contribution in [0.5, 0.6) is 0 Å². The van der Waals surface area contributed by atoms with Crippen molar-refractivity contribution in [3.63, 3.8) is 0 Å². The van der Waals surface area contributed by atoms with E-state index in [1.54, 1.807) is 45.0 Å². The van der Waals surface area contributed by atoms with Crippen molar-refractivity contribution in [2.75, 3.05) is 16.4 Å². The molecule has 2 heterocycles. The van der Waals surface area contributed by atoms with Crippen LogP contribution in [-0.2, 0) is 28.7 Å². The lowest BCUT2D eigenvalue weighted by Gasteiger charge is -2.55. The van der Waals surface area contributed by atoms with Gasteiger partial charge < -0.3 is 4.74 Å². The third kappa shape index (κ3) is 3.03. The molecule has 6 atom stereocenters. The summed E-state index contributed by atoms with van der Waals surface area (Å²) in [4.78, 5) is 72.6. The minimum absolute atomic E-state index is 0.114. The van der Waals surface area contributed by atoms with Crippen molar-refractivity contribution in [2.24, 2.45) is 35.0 Å². The molecule has 8 nitrogen and oxygen atoms in total. The molecule has 39 heavy (non-hydrogen) atoms. The fraction of sp³-hybridized carbons (Fsp3) is 0.387. The van der Waals surface area contributed by atoms with Crippen LogP contribution in [-0.4, -0.2) is 36.2 Å². The molecule has 0 radical (unpaired) electrons. The SMILES string of the molecule is CCOC(=O)C1=C(C)C2[C@H]3C(=O)N(c4ccccc4C)C(=O)[C@H]3C1(C)[C@H]1C(=O)N(c3ccccc3C)C(=O)[C@@H]21. The first-order valence-corrected chi connectivity index (χ1v) is 13.3. The van der Waals surface area contributed by atoms with Crippen molar-refractivity contribution >= 4 is 41.0 Å². The van der Waals surface area contributed by atoms with E-state index in [-0.39, 0.29) is 12.2 Å². The van der Waals surface area contributed by atoms with Gasteiger partial charge in [0.05, 0.1) is 41.7 Å². The Morgan fingerprint density at radius 1 is 0.744 bits per heavy atom. The van der Waals surface area contributed by atoms with Gasteiger partial charge in [0, 0.05) is 16.9 Å². The topological polar surface area (TPSA) is 101 Å². The first-order valence-electron chi connectivity index (χ1n) is 13.3. The lowest BCUT2D eigenvalue weighted by molar-refractivity contribution is -0.155. The van der Waals surface area contributed by atoms with E-state index >= 15 is 0 Å². The number of hydrogen-bond acceptors (Lipinski definition) is 6. The Morgan fingerprint density at radius 2 is 1.18 bits per heavy atom. The maximum Gasteiger partial charge on any atom is 0.334 e. The lowest BCUT2D eigenvalue weighted by atomic mass is 9.43. The van der Waals surface area contributed by atoms with Crippen molar-refractivity contribution in [1.29, 1.82) is 0 Å². The van der Waals surface area contributed by atoms with Gasteiger partial charge in [0.1, 0.15) is 0 Å². The second-order valence-electron chi connectivity index (χ2n) is 11.2. The van der Waals surface area contributed by atoms with Crippen LogP contribution in [0.1, 0.15) is 31.9 Å². The molecule has 2 bridgehead atoms. The van der Waals surface area contributed by atoms with E-state index in [1.165, 1.54) is 9.80 Å². The number of nitrogens with zero attached hydrogens (tertiary/aromatic N) is 2. The van der Waals surface area contributed by atoms with Gasteiger partial charge in [0.2, 0.25) is 23.6 Å². The van der Waals surface area contributed by atoms with E-state index in [0.717, 1.165) is 11.1 Å². The van der Waals surface area contributed by atoms with Crippen LogP contribution in [0.3, 0.4) is 0 Å². The average molecular weight is 527 g/mol. The molecule has 4 amide bonds. The molecule has 2 aromatic carbocycles. The minimum Gasteiger partial charge on any atom is -0.463 e. The Morgan fingerprint density at radius 3 is 1.59 bits per heavy atom. The zero-order valence-corrected chi connectivity index (χ0v) is 22.6. The molecule has 200 valence electrons. The molecule has 0 N–H and O–H groups in total. The monoisotopic (exact) mass is 526 g/mol. The van der Waals surface area contributed by atoms with E-state index < -0.39 is 64.6 Å². The number of esters is 1. The van der Waals surface area contributed by atoms with Gasteiger partial charge in [-0.1, -0.05) is 48.9 Å².